The van der Waals surface area contributed by atoms with Crippen LogP contribution in [0.25, 0.3) is 0 Å². The maximum absolute atomic E-state index is 12.3. The van der Waals surface area contributed by atoms with Gasteiger partial charge >= 0.3 is 5.97 Å². The van der Waals surface area contributed by atoms with Crippen LogP contribution in [0.2, 0.25) is 0 Å². The maximum atomic E-state index is 12.3. The quantitative estimate of drug-likeness (QED) is 0.675. The Kier molecular flexibility index (Phi) is 6.73. The third kappa shape index (κ3) is 5.58. The predicted octanol–water partition coefficient (Wildman–Crippen LogP) is 2.69. The van der Waals surface area contributed by atoms with Crippen LogP contribution < -0.4 is 10.1 Å². The zero-order chi connectivity index (χ0) is 21.7. The number of ether oxygens (including phenoxy) is 2. The summed E-state index contributed by atoms with van der Waals surface area (Å²) in [6, 6.07) is 13.5. The van der Waals surface area contributed by atoms with Crippen molar-refractivity contribution in [2.45, 2.75) is 25.8 Å². The molecule has 1 atom stereocenters. The van der Waals surface area contributed by atoms with Crippen molar-refractivity contribution in [2.75, 3.05) is 24.7 Å². The van der Waals surface area contributed by atoms with Crippen LogP contribution in [-0.2, 0) is 24.3 Å². The molecular formula is C21H24N2O6S. The highest BCUT2D eigenvalue weighted by Crippen LogP contribution is 2.29. The Morgan fingerprint density at radius 2 is 1.83 bits per heavy atom. The second-order valence-corrected chi connectivity index (χ2v) is 9.03. The first kappa shape index (κ1) is 21.8. The molecule has 1 fully saturated rings. The summed E-state index contributed by atoms with van der Waals surface area (Å²) in [6.45, 7) is 1.72. The molecule has 2 aromatic rings. The number of hydrogen-bond donors (Lipinski definition) is 1. The molecule has 0 aromatic heterocycles. The minimum atomic E-state index is -3.51. The van der Waals surface area contributed by atoms with Crippen LogP contribution in [0.3, 0.4) is 0 Å². The summed E-state index contributed by atoms with van der Waals surface area (Å²) >= 11 is 0. The third-order valence-corrected chi connectivity index (χ3v) is 5.95. The molecule has 3 rings (SSSR count). The summed E-state index contributed by atoms with van der Waals surface area (Å²) in [5, 5.41) is 2.66. The molecule has 1 aliphatic heterocycles. The lowest BCUT2D eigenvalue weighted by molar-refractivity contribution is -0.150. The van der Waals surface area contributed by atoms with Crippen LogP contribution in [-0.4, -0.2) is 50.0 Å². The van der Waals surface area contributed by atoms with Gasteiger partial charge in [-0.1, -0.05) is 29.8 Å². The molecule has 0 bridgehead atoms. The SMILES string of the molecule is Cc1ccc(Oc2ccccc2NC(=O)COC(=O)[C@@H]2CCCN2S(C)(=O)=O)cc1. The van der Waals surface area contributed by atoms with E-state index in [1.807, 2.05) is 31.2 Å². The Balaban J connectivity index is 1.59. The Morgan fingerprint density at radius 3 is 2.53 bits per heavy atom. The molecule has 1 aliphatic rings. The van der Waals surface area contributed by atoms with Crippen LogP contribution in [0.5, 0.6) is 11.5 Å². The molecule has 1 amide bonds. The molecule has 1 heterocycles. The van der Waals surface area contributed by atoms with Gasteiger partial charge in [-0.25, -0.2) is 8.42 Å². The highest BCUT2D eigenvalue weighted by atomic mass is 32.2. The molecule has 8 nitrogen and oxygen atoms in total. The van der Waals surface area contributed by atoms with Gasteiger partial charge in [-0.2, -0.15) is 4.31 Å². The van der Waals surface area contributed by atoms with Gasteiger partial charge < -0.3 is 14.8 Å². The van der Waals surface area contributed by atoms with E-state index in [0.29, 0.717) is 30.0 Å². The van der Waals surface area contributed by atoms with E-state index in [-0.39, 0.29) is 6.54 Å². The molecule has 30 heavy (non-hydrogen) atoms. The summed E-state index contributed by atoms with van der Waals surface area (Å²) < 4.78 is 35.5. The van der Waals surface area contributed by atoms with Crippen LogP contribution in [0.15, 0.2) is 48.5 Å². The number of carbonyl (C=O) groups is 2. The minimum Gasteiger partial charge on any atom is -0.455 e. The Hall–Kier alpha value is -2.91. The van der Waals surface area contributed by atoms with Crippen molar-refractivity contribution in [2.24, 2.45) is 0 Å². The average molecular weight is 432 g/mol. The maximum Gasteiger partial charge on any atom is 0.324 e. The summed E-state index contributed by atoms with van der Waals surface area (Å²) in [6.07, 6.45) is 2.00. The Labute approximate surface area is 175 Å². The third-order valence-electron chi connectivity index (χ3n) is 4.66. The molecule has 0 spiro atoms. The molecule has 160 valence electrons. The van der Waals surface area contributed by atoms with E-state index in [9.17, 15) is 18.0 Å². The fourth-order valence-corrected chi connectivity index (χ4v) is 4.30. The molecule has 9 heteroatoms. The zero-order valence-electron chi connectivity index (χ0n) is 16.8. The van der Waals surface area contributed by atoms with E-state index < -0.39 is 34.5 Å². The van der Waals surface area contributed by atoms with Gasteiger partial charge in [0.05, 0.1) is 11.9 Å². The number of amides is 1. The van der Waals surface area contributed by atoms with Gasteiger partial charge in [0.25, 0.3) is 5.91 Å². The fourth-order valence-electron chi connectivity index (χ4n) is 3.18. The van der Waals surface area contributed by atoms with Crippen molar-refractivity contribution in [3.8, 4) is 11.5 Å². The van der Waals surface area contributed by atoms with Gasteiger partial charge in [0.1, 0.15) is 11.8 Å². The molecule has 0 radical (unpaired) electrons. The molecule has 1 saturated heterocycles. The number of benzene rings is 2. The van der Waals surface area contributed by atoms with Crippen molar-refractivity contribution in [3.05, 3.63) is 54.1 Å². The first-order valence-corrected chi connectivity index (χ1v) is 11.4. The number of nitrogens with one attached hydrogen (secondary N) is 1. The van der Waals surface area contributed by atoms with Gasteiger partial charge in [-0.05, 0) is 44.0 Å². The van der Waals surface area contributed by atoms with E-state index in [4.69, 9.17) is 9.47 Å². The van der Waals surface area contributed by atoms with Crippen LogP contribution in [0.1, 0.15) is 18.4 Å². The number of carbonyl (C=O) groups excluding carboxylic acids is 2. The van der Waals surface area contributed by atoms with Crippen LogP contribution in [0.4, 0.5) is 5.69 Å². The van der Waals surface area contributed by atoms with Gasteiger partial charge in [0.15, 0.2) is 12.4 Å². The normalized spacial score (nSPS) is 16.8. The lowest BCUT2D eigenvalue weighted by atomic mass is 10.2. The molecular weight excluding hydrogens is 408 g/mol. The summed E-state index contributed by atoms with van der Waals surface area (Å²) in [4.78, 5) is 24.5. The fraction of sp³-hybridized carbons (Fsp3) is 0.333. The smallest absolute Gasteiger partial charge is 0.324 e. The zero-order valence-corrected chi connectivity index (χ0v) is 17.6. The minimum absolute atomic E-state index is 0.272. The van der Waals surface area contributed by atoms with E-state index in [2.05, 4.69) is 5.32 Å². The number of anilines is 1. The highest BCUT2D eigenvalue weighted by Gasteiger charge is 2.37. The average Bonchev–Trinajstić information content (AvgIpc) is 3.20. The second-order valence-electron chi connectivity index (χ2n) is 7.10. The number of para-hydroxylation sites is 2. The monoisotopic (exact) mass is 432 g/mol. The number of nitrogens with zero attached hydrogens (tertiary/aromatic N) is 1. The summed E-state index contributed by atoms with van der Waals surface area (Å²) in [7, 11) is -3.51. The Bertz CT molecular complexity index is 1020. The number of esters is 1. The summed E-state index contributed by atoms with van der Waals surface area (Å²) in [5.41, 5.74) is 1.53. The van der Waals surface area contributed by atoms with Crippen molar-refractivity contribution in [1.82, 2.24) is 4.31 Å². The van der Waals surface area contributed by atoms with Gasteiger partial charge in [-0.15, -0.1) is 0 Å². The van der Waals surface area contributed by atoms with E-state index >= 15 is 0 Å². The molecule has 0 saturated carbocycles. The summed E-state index contributed by atoms with van der Waals surface area (Å²) in [5.74, 6) is -0.208. The predicted molar refractivity (Wildman–Crippen MR) is 112 cm³/mol. The van der Waals surface area contributed by atoms with Crippen molar-refractivity contribution < 1.29 is 27.5 Å². The number of hydrogen-bond acceptors (Lipinski definition) is 6. The number of rotatable bonds is 7. The van der Waals surface area contributed by atoms with E-state index in [1.165, 1.54) is 0 Å². The second kappa shape index (κ2) is 9.27. The van der Waals surface area contributed by atoms with E-state index in [0.717, 1.165) is 16.1 Å². The molecule has 2 aromatic carbocycles. The van der Waals surface area contributed by atoms with Crippen LogP contribution in [0, 0.1) is 6.92 Å². The first-order chi connectivity index (χ1) is 14.2. The molecule has 0 unspecified atom stereocenters. The van der Waals surface area contributed by atoms with Crippen LogP contribution >= 0.6 is 0 Å². The van der Waals surface area contributed by atoms with Gasteiger partial charge in [0.2, 0.25) is 10.0 Å². The standard InChI is InChI=1S/C21H24N2O6S/c1-15-9-11-16(12-10-15)29-19-8-4-3-6-17(19)22-20(24)14-28-21(25)18-7-5-13-23(18)30(2,26)27/h3-4,6,8-12,18H,5,7,13-14H2,1-2H3,(H,22,24)/t18-/m0/s1. The van der Waals surface area contributed by atoms with E-state index in [1.54, 1.807) is 24.3 Å². The molecule has 0 aliphatic carbocycles. The number of sulfonamides is 1. The van der Waals surface area contributed by atoms with Crippen molar-refractivity contribution in [1.29, 1.82) is 0 Å². The molecule has 1 N–H and O–H groups in total. The largest absolute Gasteiger partial charge is 0.455 e. The first-order valence-electron chi connectivity index (χ1n) is 9.51. The van der Waals surface area contributed by atoms with Crippen molar-refractivity contribution >= 4 is 27.6 Å². The van der Waals surface area contributed by atoms with Gasteiger partial charge in [0, 0.05) is 6.54 Å². The lowest BCUT2D eigenvalue weighted by Crippen LogP contribution is -2.41. The highest BCUT2D eigenvalue weighted by molar-refractivity contribution is 7.88. The lowest BCUT2D eigenvalue weighted by Gasteiger charge is -2.20. The number of aryl methyl sites for hydroxylation is 1. The Morgan fingerprint density at radius 1 is 1.13 bits per heavy atom. The van der Waals surface area contributed by atoms with Crippen molar-refractivity contribution in [3.63, 3.8) is 0 Å². The topological polar surface area (TPSA) is 102 Å². The van der Waals surface area contributed by atoms with Gasteiger partial charge in [-0.3, -0.25) is 9.59 Å².